The minimum absolute atomic E-state index is 0.0725. The van der Waals surface area contributed by atoms with Crippen LogP contribution in [0.5, 0.6) is 0 Å². The summed E-state index contributed by atoms with van der Waals surface area (Å²) in [5.74, 6) is -0.709. The van der Waals surface area contributed by atoms with Crippen LogP contribution in [0.3, 0.4) is 0 Å². The Morgan fingerprint density at radius 1 is 1.18 bits per heavy atom. The molecule has 1 aliphatic rings. The Labute approximate surface area is 108 Å². The molecule has 0 aromatic heterocycles. The summed E-state index contributed by atoms with van der Waals surface area (Å²) in [6, 6.07) is 4.94. The van der Waals surface area contributed by atoms with Gasteiger partial charge in [0, 0.05) is 10.0 Å². The number of halogens is 2. The number of hydrogen-bond donors (Lipinski definition) is 0. The Hall–Kier alpha value is -1.10. The van der Waals surface area contributed by atoms with Crippen molar-refractivity contribution in [3.05, 3.63) is 33.8 Å². The Morgan fingerprint density at radius 3 is 2.41 bits per heavy atom. The number of rotatable bonds is 2. The quantitative estimate of drug-likeness (QED) is 0.773. The van der Waals surface area contributed by atoms with Crippen LogP contribution in [0.15, 0.2) is 18.2 Å². The molecule has 1 aliphatic heterocycles. The molecule has 0 radical (unpaired) electrons. The van der Waals surface area contributed by atoms with Gasteiger partial charge in [-0.05, 0) is 17.7 Å². The second kappa shape index (κ2) is 5.04. The van der Waals surface area contributed by atoms with Gasteiger partial charge in [-0.25, -0.2) is 0 Å². The second-order valence-electron chi connectivity index (χ2n) is 3.60. The minimum Gasteiger partial charge on any atom is -0.362 e. The van der Waals surface area contributed by atoms with Gasteiger partial charge in [-0.15, -0.1) is 0 Å². The number of nitrogens with zero attached hydrogens (tertiary/aromatic N) is 1. The van der Waals surface area contributed by atoms with E-state index in [1.165, 1.54) is 0 Å². The number of amides is 2. The fourth-order valence-corrected chi connectivity index (χ4v) is 1.99. The first-order valence-corrected chi connectivity index (χ1v) is 5.68. The minimum atomic E-state index is -0.354. The highest BCUT2D eigenvalue weighted by Gasteiger charge is 2.27. The topological polar surface area (TPSA) is 46.6 Å². The summed E-state index contributed by atoms with van der Waals surface area (Å²) in [5.41, 5.74) is 0.680. The molecule has 0 saturated carbocycles. The summed E-state index contributed by atoms with van der Waals surface area (Å²) in [4.78, 5) is 24.1. The predicted molar refractivity (Wildman–Crippen MR) is 62.8 cm³/mol. The smallest absolute Gasteiger partial charge is 0.255 e. The van der Waals surface area contributed by atoms with Gasteiger partial charge in [-0.1, -0.05) is 29.3 Å². The molecule has 1 aromatic carbocycles. The number of morpholine rings is 1. The zero-order valence-corrected chi connectivity index (χ0v) is 10.3. The summed E-state index contributed by atoms with van der Waals surface area (Å²) in [5, 5.41) is 0.947. The number of imide groups is 1. The number of ether oxygens (including phenoxy) is 1. The van der Waals surface area contributed by atoms with E-state index in [0.717, 1.165) is 4.90 Å². The van der Waals surface area contributed by atoms with Gasteiger partial charge in [0.25, 0.3) is 11.8 Å². The monoisotopic (exact) mass is 273 g/mol. The average molecular weight is 274 g/mol. The molecule has 0 aliphatic carbocycles. The normalized spacial score (nSPS) is 16.5. The molecule has 0 spiro atoms. The van der Waals surface area contributed by atoms with E-state index in [9.17, 15) is 9.59 Å². The van der Waals surface area contributed by atoms with Gasteiger partial charge in [0.05, 0.1) is 6.54 Å². The van der Waals surface area contributed by atoms with E-state index in [2.05, 4.69) is 0 Å². The second-order valence-corrected chi connectivity index (χ2v) is 4.45. The highest BCUT2D eigenvalue weighted by molar-refractivity contribution is 6.35. The summed E-state index contributed by atoms with van der Waals surface area (Å²) in [6.07, 6.45) is 0. The first-order chi connectivity index (χ1) is 8.08. The van der Waals surface area contributed by atoms with E-state index in [4.69, 9.17) is 27.9 Å². The van der Waals surface area contributed by atoms with Crippen molar-refractivity contribution >= 4 is 35.0 Å². The van der Waals surface area contributed by atoms with Crippen LogP contribution < -0.4 is 0 Å². The third-order valence-corrected chi connectivity index (χ3v) is 2.98. The Kier molecular flexibility index (Phi) is 3.66. The highest BCUT2D eigenvalue weighted by atomic mass is 35.5. The molecule has 2 rings (SSSR count). The van der Waals surface area contributed by atoms with Crippen LogP contribution >= 0.6 is 23.2 Å². The van der Waals surface area contributed by atoms with Gasteiger partial charge in [-0.3, -0.25) is 14.5 Å². The van der Waals surface area contributed by atoms with Crippen molar-refractivity contribution in [3.63, 3.8) is 0 Å². The van der Waals surface area contributed by atoms with Crippen molar-refractivity contribution in [3.8, 4) is 0 Å². The summed E-state index contributed by atoms with van der Waals surface area (Å²) < 4.78 is 4.82. The molecular formula is C11H9Cl2NO3. The summed E-state index contributed by atoms with van der Waals surface area (Å²) >= 11 is 11.7. The van der Waals surface area contributed by atoms with Crippen LogP contribution in [0, 0.1) is 0 Å². The summed E-state index contributed by atoms with van der Waals surface area (Å²) in [7, 11) is 0. The zero-order chi connectivity index (χ0) is 12.4. The first-order valence-electron chi connectivity index (χ1n) is 4.93. The van der Waals surface area contributed by atoms with E-state index in [1.807, 2.05) is 0 Å². The van der Waals surface area contributed by atoms with Crippen LogP contribution in [-0.4, -0.2) is 29.9 Å². The Morgan fingerprint density at radius 2 is 1.82 bits per heavy atom. The highest BCUT2D eigenvalue weighted by Crippen LogP contribution is 2.22. The van der Waals surface area contributed by atoms with Crippen molar-refractivity contribution in [1.82, 2.24) is 4.90 Å². The largest absolute Gasteiger partial charge is 0.362 e. The van der Waals surface area contributed by atoms with Crippen molar-refractivity contribution in [1.29, 1.82) is 0 Å². The van der Waals surface area contributed by atoms with Crippen molar-refractivity contribution in [2.75, 3.05) is 13.2 Å². The number of hydrogen-bond acceptors (Lipinski definition) is 3. The molecule has 4 nitrogen and oxygen atoms in total. The van der Waals surface area contributed by atoms with Crippen LogP contribution in [0.4, 0.5) is 0 Å². The number of benzene rings is 1. The maximum Gasteiger partial charge on any atom is 0.255 e. The standard InChI is InChI=1S/C11H9Cl2NO3/c12-8-2-1-7(9(13)3-8)4-14-10(15)5-17-6-11(14)16/h1-3H,4-6H2. The lowest BCUT2D eigenvalue weighted by atomic mass is 10.2. The van der Waals surface area contributed by atoms with E-state index < -0.39 is 0 Å². The van der Waals surface area contributed by atoms with E-state index >= 15 is 0 Å². The van der Waals surface area contributed by atoms with Crippen molar-refractivity contribution in [2.45, 2.75) is 6.54 Å². The lowest BCUT2D eigenvalue weighted by molar-refractivity contribution is -0.159. The molecule has 0 atom stereocenters. The maximum atomic E-state index is 11.5. The maximum absolute atomic E-state index is 11.5. The molecule has 2 amide bonds. The van der Waals surface area contributed by atoms with Gasteiger partial charge in [0.15, 0.2) is 0 Å². The molecule has 0 unspecified atom stereocenters. The first kappa shape index (κ1) is 12.4. The van der Waals surface area contributed by atoms with Crippen LogP contribution in [0.2, 0.25) is 10.0 Å². The van der Waals surface area contributed by atoms with Crippen LogP contribution in [-0.2, 0) is 20.9 Å². The van der Waals surface area contributed by atoms with Gasteiger partial charge < -0.3 is 4.74 Å². The lowest BCUT2D eigenvalue weighted by Crippen LogP contribution is -2.45. The third kappa shape index (κ3) is 2.77. The van der Waals surface area contributed by atoms with E-state index in [-0.39, 0.29) is 31.6 Å². The van der Waals surface area contributed by atoms with E-state index in [1.54, 1.807) is 18.2 Å². The van der Waals surface area contributed by atoms with Gasteiger partial charge in [0.2, 0.25) is 0 Å². The third-order valence-electron chi connectivity index (χ3n) is 2.40. The Bertz CT molecular complexity index is 460. The molecule has 90 valence electrons. The molecule has 1 saturated heterocycles. The fraction of sp³-hybridized carbons (Fsp3) is 0.273. The summed E-state index contributed by atoms with van der Waals surface area (Å²) in [6.45, 7) is 0.00489. The molecule has 6 heteroatoms. The van der Waals surface area contributed by atoms with Gasteiger partial charge in [-0.2, -0.15) is 0 Å². The predicted octanol–water partition coefficient (Wildman–Crippen LogP) is 1.88. The van der Waals surface area contributed by atoms with Gasteiger partial charge in [0.1, 0.15) is 13.2 Å². The van der Waals surface area contributed by atoms with Gasteiger partial charge >= 0.3 is 0 Å². The number of carbonyl (C=O) groups is 2. The zero-order valence-electron chi connectivity index (χ0n) is 8.78. The SMILES string of the molecule is O=C1COCC(=O)N1Cc1ccc(Cl)cc1Cl. The molecule has 1 aromatic rings. The lowest BCUT2D eigenvalue weighted by Gasteiger charge is -2.25. The Balaban J connectivity index is 2.19. The van der Waals surface area contributed by atoms with Crippen molar-refractivity contribution < 1.29 is 14.3 Å². The fourth-order valence-electron chi connectivity index (χ4n) is 1.52. The molecule has 0 bridgehead atoms. The molecular weight excluding hydrogens is 265 g/mol. The van der Waals surface area contributed by atoms with Crippen LogP contribution in [0.25, 0.3) is 0 Å². The van der Waals surface area contributed by atoms with Crippen LogP contribution in [0.1, 0.15) is 5.56 Å². The average Bonchev–Trinajstić information content (AvgIpc) is 2.26. The molecule has 1 fully saturated rings. The van der Waals surface area contributed by atoms with E-state index in [0.29, 0.717) is 15.6 Å². The molecule has 1 heterocycles. The molecule has 0 N–H and O–H groups in total. The molecule has 17 heavy (non-hydrogen) atoms. The van der Waals surface area contributed by atoms with Crippen molar-refractivity contribution in [2.24, 2.45) is 0 Å². The number of carbonyl (C=O) groups excluding carboxylic acids is 2.